The minimum Gasteiger partial charge on any atom is -0.465 e. The third-order valence-corrected chi connectivity index (χ3v) is 3.75. The van der Waals surface area contributed by atoms with Crippen molar-refractivity contribution in [3.8, 4) is 0 Å². The number of halogens is 3. The second-order valence-electron chi connectivity index (χ2n) is 5.27. The molecule has 1 saturated heterocycles. The minimum atomic E-state index is -4.38. The van der Waals surface area contributed by atoms with E-state index < -0.39 is 23.9 Å². The van der Waals surface area contributed by atoms with Crippen molar-refractivity contribution in [2.24, 2.45) is 0 Å². The minimum absolute atomic E-state index is 0.182. The number of hydrogen-bond donors (Lipinski definition) is 3. The number of nitrogens with one attached hydrogen (secondary N) is 1. The number of rotatable bonds is 3. The Labute approximate surface area is 125 Å². The van der Waals surface area contributed by atoms with Gasteiger partial charge in [0, 0.05) is 18.3 Å². The number of carbonyl (C=O) groups is 1. The summed E-state index contributed by atoms with van der Waals surface area (Å²) >= 11 is 0. The first-order valence-corrected chi connectivity index (χ1v) is 6.85. The monoisotopic (exact) mass is 318 g/mol. The van der Waals surface area contributed by atoms with Crippen LogP contribution in [0.25, 0.3) is 0 Å². The molecule has 3 N–H and O–H groups in total. The number of likely N-dealkylation sites (tertiary alicyclic amines) is 1. The van der Waals surface area contributed by atoms with Crippen LogP contribution < -0.4 is 5.32 Å². The molecule has 0 radical (unpaired) electrons. The molecule has 0 aliphatic carbocycles. The molecule has 1 fully saturated rings. The lowest BCUT2D eigenvalue weighted by molar-refractivity contribution is -0.137. The van der Waals surface area contributed by atoms with Crippen molar-refractivity contribution in [1.29, 1.82) is 0 Å². The Kier molecular flexibility index (Phi) is 4.80. The van der Waals surface area contributed by atoms with Gasteiger partial charge in [-0.3, -0.25) is 0 Å². The number of benzene rings is 1. The van der Waals surface area contributed by atoms with Crippen molar-refractivity contribution in [3.63, 3.8) is 0 Å². The first-order chi connectivity index (χ1) is 10.3. The Morgan fingerprint density at radius 1 is 1.27 bits per heavy atom. The molecule has 1 aromatic carbocycles. The molecule has 1 amide bonds. The molecule has 0 bridgehead atoms. The van der Waals surface area contributed by atoms with Gasteiger partial charge in [-0.25, -0.2) is 4.79 Å². The summed E-state index contributed by atoms with van der Waals surface area (Å²) in [4.78, 5) is 12.3. The summed E-state index contributed by atoms with van der Waals surface area (Å²) in [5.74, 6) is 0. The molecular weight excluding hydrogens is 301 g/mol. The van der Waals surface area contributed by atoms with Gasteiger partial charge in [-0.2, -0.15) is 13.2 Å². The predicted octanol–water partition coefficient (Wildman–Crippen LogP) is 2.62. The van der Waals surface area contributed by atoms with E-state index in [0.29, 0.717) is 18.5 Å². The van der Waals surface area contributed by atoms with Crippen LogP contribution in [0.15, 0.2) is 24.3 Å². The number of anilines is 1. The maximum Gasteiger partial charge on any atom is 0.416 e. The van der Waals surface area contributed by atoms with Gasteiger partial charge in [0.05, 0.1) is 18.2 Å². The number of aliphatic hydroxyl groups excluding tert-OH is 1. The van der Waals surface area contributed by atoms with Crippen molar-refractivity contribution in [2.75, 3.05) is 18.5 Å². The molecule has 1 aromatic rings. The first kappa shape index (κ1) is 16.4. The highest BCUT2D eigenvalue weighted by Gasteiger charge is 2.32. The van der Waals surface area contributed by atoms with Gasteiger partial charge in [0.25, 0.3) is 0 Å². The zero-order valence-corrected chi connectivity index (χ0v) is 11.7. The van der Waals surface area contributed by atoms with E-state index in [9.17, 15) is 18.0 Å². The molecule has 5 nitrogen and oxygen atoms in total. The fourth-order valence-corrected chi connectivity index (χ4v) is 2.56. The van der Waals surface area contributed by atoms with E-state index in [4.69, 9.17) is 10.2 Å². The highest BCUT2D eigenvalue weighted by Crippen LogP contribution is 2.30. The second kappa shape index (κ2) is 6.43. The molecule has 0 aromatic heterocycles. The number of hydrogen-bond acceptors (Lipinski definition) is 3. The summed E-state index contributed by atoms with van der Waals surface area (Å²) in [6.07, 6.45) is -4.35. The molecule has 1 heterocycles. The zero-order chi connectivity index (χ0) is 16.3. The lowest BCUT2D eigenvalue weighted by Crippen LogP contribution is -2.51. The third-order valence-electron chi connectivity index (χ3n) is 3.75. The van der Waals surface area contributed by atoms with Crippen molar-refractivity contribution in [1.82, 2.24) is 4.90 Å². The summed E-state index contributed by atoms with van der Waals surface area (Å²) in [7, 11) is 0. The second-order valence-corrected chi connectivity index (χ2v) is 5.27. The van der Waals surface area contributed by atoms with E-state index in [1.807, 2.05) is 0 Å². The SMILES string of the molecule is O=C(O)N1C[C@H](Nc2ccc(C(F)(F)F)cc2)CC[C@H]1CO. The molecule has 0 saturated carbocycles. The van der Waals surface area contributed by atoms with E-state index >= 15 is 0 Å². The molecule has 2 rings (SSSR count). The van der Waals surface area contributed by atoms with Crippen molar-refractivity contribution in [3.05, 3.63) is 29.8 Å². The van der Waals surface area contributed by atoms with Crippen LogP contribution in [0.5, 0.6) is 0 Å². The Balaban J connectivity index is 2.00. The molecule has 2 atom stereocenters. The normalized spacial score (nSPS) is 22.5. The number of nitrogens with zero attached hydrogens (tertiary/aromatic N) is 1. The quantitative estimate of drug-likeness (QED) is 0.801. The van der Waals surface area contributed by atoms with Gasteiger partial charge in [0.15, 0.2) is 0 Å². The standard InChI is InChI=1S/C14H17F3N2O3/c15-14(16,17)9-1-3-10(4-2-9)18-11-5-6-12(8-20)19(7-11)13(21)22/h1-4,11-12,18,20H,5-8H2,(H,21,22)/t11-,12+/m1/s1. The van der Waals surface area contributed by atoms with Gasteiger partial charge in [-0.05, 0) is 37.1 Å². The highest BCUT2D eigenvalue weighted by molar-refractivity contribution is 5.66. The van der Waals surface area contributed by atoms with Gasteiger partial charge in [0.1, 0.15) is 0 Å². The van der Waals surface area contributed by atoms with Crippen LogP contribution in [0.2, 0.25) is 0 Å². The van der Waals surface area contributed by atoms with Crippen LogP contribution in [0, 0.1) is 0 Å². The molecule has 122 valence electrons. The van der Waals surface area contributed by atoms with Crippen molar-refractivity contribution < 1.29 is 28.2 Å². The van der Waals surface area contributed by atoms with Crippen LogP contribution in [0.3, 0.4) is 0 Å². The van der Waals surface area contributed by atoms with Gasteiger partial charge in [0.2, 0.25) is 0 Å². The van der Waals surface area contributed by atoms with Gasteiger partial charge in [-0.1, -0.05) is 0 Å². The molecule has 0 spiro atoms. The molecule has 1 aliphatic rings. The maximum atomic E-state index is 12.5. The lowest BCUT2D eigenvalue weighted by atomic mass is 9.99. The number of aliphatic hydroxyl groups is 1. The van der Waals surface area contributed by atoms with Gasteiger partial charge < -0.3 is 20.4 Å². The molecule has 1 aliphatic heterocycles. The molecular formula is C14H17F3N2O3. The maximum absolute atomic E-state index is 12.5. The summed E-state index contributed by atoms with van der Waals surface area (Å²) in [5.41, 5.74) is -0.222. The smallest absolute Gasteiger partial charge is 0.416 e. The Bertz CT molecular complexity index is 519. The van der Waals surface area contributed by atoms with Gasteiger partial charge >= 0.3 is 12.3 Å². The fourth-order valence-electron chi connectivity index (χ4n) is 2.56. The van der Waals surface area contributed by atoms with E-state index in [1.165, 1.54) is 12.1 Å². The fraction of sp³-hybridized carbons (Fsp3) is 0.500. The Hall–Kier alpha value is -1.96. The van der Waals surface area contributed by atoms with Crippen LogP contribution in [-0.4, -0.2) is 46.4 Å². The van der Waals surface area contributed by atoms with Crippen molar-refractivity contribution in [2.45, 2.75) is 31.1 Å². The molecule has 0 unspecified atom stereocenters. The lowest BCUT2D eigenvalue weighted by Gasteiger charge is -2.37. The van der Waals surface area contributed by atoms with Crippen LogP contribution >= 0.6 is 0 Å². The van der Waals surface area contributed by atoms with Crippen LogP contribution in [0.4, 0.5) is 23.7 Å². The Morgan fingerprint density at radius 2 is 1.91 bits per heavy atom. The van der Waals surface area contributed by atoms with Crippen LogP contribution in [-0.2, 0) is 6.18 Å². The average Bonchev–Trinajstić information content (AvgIpc) is 2.46. The number of carboxylic acid groups (broad SMARTS) is 1. The van der Waals surface area contributed by atoms with Crippen LogP contribution in [0.1, 0.15) is 18.4 Å². The first-order valence-electron chi connectivity index (χ1n) is 6.85. The predicted molar refractivity (Wildman–Crippen MR) is 73.7 cm³/mol. The van der Waals surface area contributed by atoms with E-state index in [1.54, 1.807) is 0 Å². The summed E-state index contributed by atoms with van der Waals surface area (Å²) in [5, 5.41) is 21.3. The van der Waals surface area contributed by atoms with Gasteiger partial charge in [-0.15, -0.1) is 0 Å². The Morgan fingerprint density at radius 3 is 2.41 bits per heavy atom. The number of amides is 1. The average molecular weight is 318 g/mol. The number of alkyl halides is 3. The zero-order valence-electron chi connectivity index (χ0n) is 11.7. The molecule has 8 heteroatoms. The number of piperidine rings is 1. The summed E-state index contributed by atoms with van der Waals surface area (Å²) in [6, 6.07) is 3.99. The third kappa shape index (κ3) is 3.82. The van der Waals surface area contributed by atoms with E-state index in [2.05, 4.69) is 5.32 Å². The highest BCUT2D eigenvalue weighted by atomic mass is 19.4. The largest absolute Gasteiger partial charge is 0.465 e. The topological polar surface area (TPSA) is 72.8 Å². The van der Waals surface area contributed by atoms with E-state index in [-0.39, 0.29) is 19.2 Å². The van der Waals surface area contributed by atoms with E-state index in [0.717, 1.165) is 17.0 Å². The summed E-state index contributed by atoms with van der Waals surface area (Å²) in [6.45, 7) is -0.0547. The van der Waals surface area contributed by atoms with Crippen molar-refractivity contribution >= 4 is 11.8 Å². The molecule has 22 heavy (non-hydrogen) atoms. The summed E-state index contributed by atoms with van der Waals surface area (Å²) < 4.78 is 37.5.